The molecule has 0 bridgehead atoms. The lowest BCUT2D eigenvalue weighted by atomic mass is 10.2. The first kappa shape index (κ1) is 9.97. The van der Waals surface area contributed by atoms with Gasteiger partial charge in [-0.1, -0.05) is 0 Å². The van der Waals surface area contributed by atoms with Crippen LogP contribution in [0.1, 0.15) is 10.4 Å². The molecule has 1 aromatic heterocycles. The Labute approximate surface area is 79.2 Å². The van der Waals surface area contributed by atoms with Gasteiger partial charge in [0.2, 0.25) is 6.54 Å². The highest BCUT2D eigenvalue weighted by Crippen LogP contribution is 2.06. The van der Waals surface area contributed by atoms with Crippen molar-refractivity contribution in [1.82, 2.24) is 0 Å². The molecule has 0 aliphatic rings. The SMILES string of the molecule is Nc1c[n+](CC(=O)O)ccc1C(=O)O. The van der Waals surface area contributed by atoms with Crippen LogP contribution in [0.3, 0.4) is 0 Å². The van der Waals surface area contributed by atoms with Gasteiger partial charge in [0.05, 0.1) is 5.56 Å². The molecule has 1 aromatic rings. The lowest BCUT2D eigenvalue weighted by Crippen LogP contribution is -2.37. The molecule has 0 radical (unpaired) electrons. The molecule has 0 saturated carbocycles. The smallest absolute Gasteiger partial charge is 0.370 e. The van der Waals surface area contributed by atoms with E-state index in [0.29, 0.717) is 0 Å². The van der Waals surface area contributed by atoms with Crippen molar-refractivity contribution in [1.29, 1.82) is 0 Å². The standard InChI is InChI=1S/C8H8N2O4/c9-6-3-10(4-7(11)12)2-1-5(6)8(13)14/h1-3H,4,9H2,(H-,11,12,13,14)/p+1. The summed E-state index contributed by atoms with van der Waals surface area (Å²) in [6, 6.07) is 1.26. The van der Waals surface area contributed by atoms with Gasteiger partial charge in [0.25, 0.3) is 0 Å². The second kappa shape index (κ2) is 3.73. The Morgan fingerprint density at radius 3 is 2.50 bits per heavy atom. The van der Waals surface area contributed by atoms with E-state index >= 15 is 0 Å². The second-order valence-electron chi connectivity index (χ2n) is 2.69. The van der Waals surface area contributed by atoms with Crippen LogP contribution in [0.2, 0.25) is 0 Å². The molecule has 74 valence electrons. The van der Waals surface area contributed by atoms with Gasteiger partial charge in [0.15, 0.2) is 12.4 Å². The Hall–Kier alpha value is -2.11. The normalized spacial score (nSPS) is 9.71. The van der Waals surface area contributed by atoms with E-state index in [2.05, 4.69) is 0 Å². The van der Waals surface area contributed by atoms with Crippen molar-refractivity contribution < 1.29 is 24.4 Å². The predicted molar refractivity (Wildman–Crippen MR) is 45.6 cm³/mol. The Morgan fingerprint density at radius 2 is 2.07 bits per heavy atom. The largest absolute Gasteiger partial charge is 0.478 e. The number of pyridine rings is 1. The van der Waals surface area contributed by atoms with Crippen molar-refractivity contribution in [3.8, 4) is 0 Å². The fourth-order valence-electron chi connectivity index (χ4n) is 1.01. The fraction of sp³-hybridized carbons (Fsp3) is 0.125. The number of rotatable bonds is 3. The molecule has 1 heterocycles. The number of carbonyl (C=O) groups is 2. The molecule has 14 heavy (non-hydrogen) atoms. The Kier molecular flexibility index (Phi) is 2.66. The monoisotopic (exact) mass is 197 g/mol. The number of nitrogen functional groups attached to an aromatic ring is 1. The van der Waals surface area contributed by atoms with Gasteiger partial charge in [0.1, 0.15) is 5.69 Å². The summed E-state index contributed by atoms with van der Waals surface area (Å²) in [5.74, 6) is -2.15. The minimum atomic E-state index is -1.13. The number of carboxylic acid groups (broad SMARTS) is 2. The molecule has 0 atom stereocenters. The summed E-state index contributed by atoms with van der Waals surface area (Å²) in [6.45, 7) is -0.246. The van der Waals surface area contributed by atoms with E-state index in [1.807, 2.05) is 0 Å². The van der Waals surface area contributed by atoms with E-state index in [4.69, 9.17) is 15.9 Å². The van der Waals surface area contributed by atoms with Crippen LogP contribution in [0.15, 0.2) is 18.5 Å². The zero-order chi connectivity index (χ0) is 10.7. The Bertz CT molecular complexity index is 389. The van der Waals surface area contributed by atoms with Gasteiger partial charge in [-0.15, -0.1) is 0 Å². The third kappa shape index (κ3) is 2.19. The van der Waals surface area contributed by atoms with Crippen molar-refractivity contribution in [2.24, 2.45) is 0 Å². The van der Waals surface area contributed by atoms with Crippen LogP contribution in [0.4, 0.5) is 5.69 Å². The van der Waals surface area contributed by atoms with Gasteiger partial charge in [-0.25, -0.2) is 9.59 Å². The highest BCUT2D eigenvalue weighted by molar-refractivity contribution is 5.92. The van der Waals surface area contributed by atoms with E-state index in [1.54, 1.807) is 0 Å². The molecule has 1 rings (SSSR count). The van der Waals surface area contributed by atoms with Gasteiger partial charge < -0.3 is 15.9 Å². The summed E-state index contributed by atoms with van der Waals surface area (Å²) < 4.78 is 1.30. The summed E-state index contributed by atoms with van der Waals surface area (Å²) in [7, 11) is 0. The molecule has 0 amide bonds. The van der Waals surface area contributed by atoms with Crippen LogP contribution in [-0.2, 0) is 11.3 Å². The van der Waals surface area contributed by atoms with Gasteiger partial charge in [-0.05, 0) is 0 Å². The van der Waals surface area contributed by atoms with Gasteiger partial charge >= 0.3 is 11.9 Å². The molecule has 0 saturated heterocycles. The lowest BCUT2D eigenvalue weighted by Gasteiger charge is -1.98. The Balaban J connectivity index is 3.00. The van der Waals surface area contributed by atoms with E-state index in [0.717, 1.165) is 0 Å². The molecule has 4 N–H and O–H groups in total. The van der Waals surface area contributed by atoms with Crippen LogP contribution in [0, 0.1) is 0 Å². The van der Waals surface area contributed by atoms with E-state index in [-0.39, 0.29) is 17.8 Å². The Morgan fingerprint density at radius 1 is 1.43 bits per heavy atom. The number of aromatic nitrogens is 1. The summed E-state index contributed by atoms with van der Waals surface area (Å²) in [5, 5.41) is 17.1. The third-order valence-electron chi connectivity index (χ3n) is 1.60. The first-order valence-corrected chi connectivity index (χ1v) is 3.74. The molecule has 6 nitrogen and oxygen atoms in total. The molecule has 0 fully saturated rings. The maximum Gasteiger partial charge on any atom is 0.370 e. The second-order valence-corrected chi connectivity index (χ2v) is 2.69. The summed E-state index contributed by atoms with van der Waals surface area (Å²) in [4.78, 5) is 20.9. The lowest BCUT2D eigenvalue weighted by molar-refractivity contribution is -0.685. The highest BCUT2D eigenvalue weighted by atomic mass is 16.4. The average molecular weight is 197 g/mol. The van der Waals surface area contributed by atoms with Crippen molar-refractivity contribution in [2.75, 3.05) is 5.73 Å². The van der Waals surface area contributed by atoms with Crippen LogP contribution in [0.25, 0.3) is 0 Å². The number of aromatic carboxylic acids is 1. The molecule has 0 spiro atoms. The molecular weight excluding hydrogens is 188 g/mol. The minimum Gasteiger partial charge on any atom is -0.478 e. The third-order valence-corrected chi connectivity index (χ3v) is 1.60. The number of nitrogens with two attached hydrogens (primary N) is 1. The fourth-order valence-corrected chi connectivity index (χ4v) is 1.01. The number of hydrogen-bond donors (Lipinski definition) is 3. The number of carboxylic acids is 2. The van der Waals surface area contributed by atoms with Crippen LogP contribution in [-0.4, -0.2) is 22.2 Å². The van der Waals surface area contributed by atoms with Gasteiger partial charge in [-0.3, -0.25) is 0 Å². The zero-order valence-electron chi connectivity index (χ0n) is 7.17. The average Bonchev–Trinajstić information content (AvgIpc) is 2.01. The molecule has 0 aromatic carbocycles. The van der Waals surface area contributed by atoms with Crippen LogP contribution >= 0.6 is 0 Å². The summed E-state index contributed by atoms with van der Waals surface area (Å²) in [6.07, 6.45) is 2.63. The molecular formula is C8H9N2O4+. The van der Waals surface area contributed by atoms with E-state index in [1.165, 1.54) is 23.0 Å². The quantitative estimate of drug-likeness (QED) is 0.558. The number of anilines is 1. The van der Waals surface area contributed by atoms with E-state index < -0.39 is 11.9 Å². The van der Waals surface area contributed by atoms with Crippen molar-refractivity contribution in [3.63, 3.8) is 0 Å². The maximum absolute atomic E-state index is 10.5. The van der Waals surface area contributed by atoms with Crippen molar-refractivity contribution >= 4 is 17.6 Å². The molecule has 0 unspecified atom stereocenters. The van der Waals surface area contributed by atoms with Crippen molar-refractivity contribution in [2.45, 2.75) is 6.54 Å². The predicted octanol–water partition coefficient (Wildman–Crippen LogP) is -0.661. The topological polar surface area (TPSA) is 105 Å². The van der Waals surface area contributed by atoms with Crippen molar-refractivity contribution in [3.05, 3.63) is 24.0 Å². The van der Waals surface area contributed by atoms with E-state index in [9.17, 15) is 9.59 Å². The first-order valence-electron chi connectivity index (χ1n) is 3.74. The molecule has 0 aliphatic carbocycles. The molecule has 6 heteroatoms. The molecule has 0 aliphatic heterocycles. The summed E-state index contributed by atoms with van der Waals surface area (Å²) >= 11 is 0. The zero-order valence-corrected chi connectivity index (χ0v) is 7.17. The van der Waals surface area contributed by atoms with Gasteiger partial charge in [0, 0.05) is 6.07 Å². The van der Waals surface area contributed by atoms with Crippen LogP contribution in [0.5, 0.6) is 0 Å². The minimum absolute atomic E-state index is 0.0355. The maximum atomic E-state index is 10.5. The number of nitrogens with zero attached hydrogens (tertiary/aromatic N) is 1. The number of hydrogen-bond acceptors (Lipinski definition) is 3. The summed E-state index contributed by atoms with van der Waals surface area (Å²) in [5.41, 5.74) is 5.41. The number of aliphatic carboxylic acids is 1. The van der Waals surface area contributed by atoms with Gasteiger partial charge in [-0.2, -0.15) is 4.57 Å². The van der Waals surface area contributed by atoms with Crippen LogP contribution < -0.4 is 10.3 Å². The highest BCUT2D eigenvalue weighted by Gasteiger charge is 2.13. The first-order chi connectivity index (χ1) is 6.50.